The first-order chi connectivity index (χ1) is 12.5. The van der Waals surface area contributed by atoms with E-state index in [0.717, 1.165) is 30.0 Å². The average molecular weight is 356 g/mol. The monoisotopic (exact) mass is 356 g/mol. The zero-order chi connectivity index (χ0) is 18.5. The van der Waals surface area contributed by atoms with Gasteiger partial charge in [0.1, 0.15) is 23.7 Å². The van der Waals surface area contributed by atoms with Crippen LogP contribution in [-0.2, 0) is 9.53 Å². The fourth-order valence-corrected chi connectivity index (χ4v) is 2.69. The van der Waals surface area contributed by atoms with Gasteiger partial charge in [-0.05, 0) is 38.0 Å². The highest BCUT2D eigenvalue weighted by Crippen LogP contribution is 2.21. The molecular formula is C19H24N4O3. The molecule has 1 aliphatic heterocycles. The van der Waals surface area contributed by atoms with E-state index in [0.29, 0.717) is 24.8 Å². The molecular weight excluding hydrogens is 332 g/mol. The highest BCUT2D eigenvalue weighted by molar-refractivity contribution is 5.93. The van der Waals surface area contributed by atoms with E-state index in [1.165, 1.54) is 6.33 Å². The van der Waals surface area contributed by atoms with Crippen LogP contribution < -0.4 is 15.0 Å². The minimum Gasteiger partial charge on any atom is -0.481 e. The van der Waals surface area contributed by atoms with Crippen molar-refractivity contribution in [2.24, 2.45) is 0 Å². The number of anilines is 2. The Balaban J connectivity index is 1.64. The summed E-state index contributed by atoms with van der Waals surface area (Å²) in [5.41, 5.74) is 2.08. The van der Waals surface area contributed by atoms with Crippen molar-refractivity contribution in [3.8, 4) is 5.75 Å². The van der Waals surface area contributed by atoms with Crippen LogP contribution in [0.15, 0.2) is 30.6 Å². The molecule has 7 heteroatoms. The van der Waals surface area contributed by atoms with E-state index in [9.17, 15) is 4.79 Å². The second-order valence-electron chi connectivity index (χ2n) is 6.38. The molecule has 1 N–H and O–H groups in total. The lowest BCUT2D eigenvalue weighted by Gasteiger charge is -2.27. The molecule has 1 unspecified atom stereocenters. The van der Waals surface area contributed by atoms with Crippen molar-refractivity contribution in [2.75, 3.05) is 36.5 Å². The zero-order valence-electron chi connectivity index (χ0n) is 15.4. The van der Waals surface area contributed by atoms with Gasteiger partial charge in [-0.3, -0.25) is 4.79 Å². The molecule has 1 aromatic heterocycles. The Labute approximate surface area is 153 Å². The molecule has 2 heterocycles. The summed E-state index contributed by atoms with van der Waals surface area (Å²) < 4.78 is 11.2. The molecule has 0 spiro atoms. The summed E-state index contributed by atoms with van der Waals surface area (Å²) in [6, 6.07) is 7.70. The number of benzene rings is 1. The Morgan fingerprint density at radius 3 is 2.77 bits per heavy atom. The maximum Gasteiger partial charge on any atom is 0.266 e. The molecule has 1 aromatic carbocycles. The maximum atomic E-state index is 12.5. The van der Waals surface area contributed by atoms with Crippen LogP contribution in [0.3, 0.4) is 0 Å². The van der Waals surface area contributed by atoms with Gasteiger partial charge in [-0.15, -0.1) is 0 Å². The first kappa shape index (κ1) is 18.1. The first-order valence-corrected chi connectivity index (χ1v) is 8.72. The van der Waals surface area contributed by atoms with Gasteiger partial charge in [-0.25, -0.2) is 9.97 Å². The van der Waals surface area contributed by atoms with Crippen molar-refractivity contribution in [2.45, 2.75) is 26.9 Å². The lowest BCUT2D eigenvalue weighted by Crippen LogP contribution is -2.37. The lowest BCUT2D eigenvalue weighted by molar-refractivity contribution is -0.122. The van der Waals surface area contributed by atoms with Gasteiger partial charge in [-0.1, -0.05) is 12.1 Å². The van der Waals surface area contributed by atoms with Gasteiger partial charge >= 0.3 is 0 Å². The summed E-state index contributed by atoms with van der Waals surface area (Å²) in [5, 5.41) is 2.80. The van der Waals surface area contributed by atoms with Crippen molar-refractivity contribution in [3.63, 3.8) is 0 Å². The number of hydrogen-bond acceptors (Lipinski definition) is 6. The number of hydrogen-bond donors (Lipinski definition) is 1. The molecule has 1 atom stereocenters. The van der Waals surface area contributed by atoms with Gasteiger partial charge < -0.3 is 19.7 Å². The Hall–Kier alpha value is -2.67. The van der Waals surface area contributed by atoms with Gasteiger partial charge in [0.25, 0.3) is 5.91 Å². The number of amides is 1. The number of rotatable bonds is 5. The summed E-state index contributed by atoms with van der Waals surface area (Å²) >= 11 is 0. The summed E-state index contributed by atoms with van der Waals surface area (Å²) in [5.74, 6) is 1.70. The Morgan fingerprint density at radius 2 is 2.00 bits per heavy atom. The van der Waals surface area contributed by atoms with Crippen LogP contribution in [0.5, 0.6) is 5.75 Å². The molecule has 0 saturated carbocycles. The quantitative estimate of drug-likeness (QED) is 0.886. The summed E-state index contributed by atoms with van der Waals surface area (Å²) in [6.45, 7) is 8.57. The molecule has 138 valence electrons. The molecule has 3 rings (SSSR count). The van der Waals surface area contributed by atoms with Gasteiger partial charge in [0.2, 0.25) is 0 Å². The first-order valence-electron chi connectivity index (χ1n) is 8.72. The van der Waals surface area contributed by atoms with Crippen LogP contribution in [0, 0.1) is 13.8 Å². The van der Waals surface area contributed by atoms with E-state index >= 15 is 0 Å². The highest BCUT2D eigenvalue weighted by atomic mass is 16.5. The van der Waals surface area contributed by atoms with Crippen LogP contribution in [0.2, 0.25) is 0 Å². The number of aromatic nitrogens is 2. The standard InChI is InChI=1S/C19H24N4O3/c1-13-4-5-14(2)16(10-13)26-15(3)19(24)22-17-11-18(21-12-20-17)23-6-8-25-9-7-23/h4-5,10-12,15H,6-9H2,1-3H3,(H,20,21,22,24). The highest BCUT2D eigenvalue weighted by Gasteiger charge is 2.18. The van der Waals surface area contributed by atoms with Gasteiger partial charge in [-0.2, -0.15) is 0 Å². The number of aryl methyl sites for hydroxylation is 2. The van der Waals surface area contributed by atoms with Gasteiger partial charge in [0, 0.05) is 19.2 Å². The second kappa shape index (κ2) is 8.14. The van der Waals surface area contributed by atoms with Crippen LogP contribution in [-0.4, -0.2) is 48.3 Å². The van der Waals surface area contributed by atoms with Crippen molar-refractivity contribution in [1.29, 1.82) is 0 Å². The number of carbonyl (C=O) groups excluding carboxylic acids is 1. The van der Waals surface area contributed by atoms with Crippen molar-refractivity contribution < 1.29 is 14.3 Å². The van der Waals surface area contributed by atoms with Gasteiger partial charge in [0.15, 0.2) is 6.10 Å². The third kappa shape index (κ3) is 4.49. The van der Waals surface area contributed by atoms with E-state index in [1.807, 2.05) is 32.0 Å². The largest absolute Gasteiger partial charge is 0.481 e. The number of carbonyl (C=O) groups is 1. The predicted molar refractivity (Wildman–Crippen MR) is 99.7 cm³/mol. The molecule has 1 saturated heterocycles. The fraction of sp³-hybridized carbons (Fsp3) is 0.421. The Bertz CT molecular complexity index is 775. The van der Waals surface area contributed by atoms with E-state index < -0.39 is 6.10 Å². The smallest absolute Gasteiger partial charge is 0.266 e. The van der Waals surface area contributed by atoms with Crippen LogP contribution in [0.25, 0.3) is 0 Å². The van der Waals surface area contributed by atoms with E-state index in [2.05, 4.69) is 20.2 Å². The van der Waals surface area contributed by atoms with E-state index in [4.69, 9.17) is 9.47 Å². The molecule has 7 nitrogen and oxygen atoms in total. The van der Waals surface area contributed by atoms with Crippen molar-refractivity contribution in [1.82, 2.24) is 9.97 Å². The zero-order valence-corrected chi connectivity index (χ0v) is 15.4. The SMILES string of the molecule is Cc1ccc(C)c(OC(C)C(=O)Nc2cc(N3CCOCC3)ncn2)c1. The number of morpholine rings is 1. The third-order valence-electron chi connectivity index (χ3n) is 4.26. The van der Waals surface area contributed by atoms with Crippen molar-refractivity contribution in [3.05, 3.63) is 41.7 Å². The molecule has 0 aliphatic carbocycles. The molecule has 0 bridgehead atoms. The molecule has 1 fully saturated rings. The minimum absolute atomic E-state index is 0.252. The average Bonchev–Trinajstić information content (AvgIpc) is 2.65. The van der Waals surface area contributed by atoms with E-state index in [1.54, 1.807) is 13.0 Å². The number of nitrogens with one attached hydrogen (secondary N) is 1. The summed E-state index contributed by atoms with van der Waals surface area (Å²) in [6.07, 6.45) is 0.814. The molecule has 2 aromatic rings. The Kier molecular flexibility index (Phi) is 5.68. The fourth-order valence-electron chi connectivity index (χ4n) is 2.69. The van der Waals surface area contributed by atoms with Crippen molar-refractivity contribution >= 4 is 17.5 Å². The summed E-state index contributed by atoms with van der Waals surface area (Å²) in [4.78, 5) is 23.0. The van der Waals surface area contributed by atoms with E-state index in [-0.39, 0.29) is 5.91 Å². The topological polar surface area (TPSA) is 76.6 Å². The predicted octanol–water partition coefficient (Wildman–Crippen LogP) is 2.34. The molecule has 0 radical (unpaired) electrons. The molecule has 26 heavy (non-hydrogen) atoms. The number of nitrogens with zero attached hydrogens (tertiary/aromatic N) is 3. The molecule has 1 amide bonds. The Morgan fingerprint density at radius 1 is 1.23 bits per heavy atom. The summed E-state index contributed by atoms with van der Waals surface area (Å²) in [7, 11) is 0. The minimum atomic E-state index is -0.641. The lowest BCUT2D eigenvalue weighted by atomic mass is 10.1. The number of ether oxygens (including phenoxy) is 2. The molecule has 1 aliphatic rings. The maximum absolute atomic E-state index is 12.5. The second-order valence-corrected chi connectivity index (χ2v) is 6.38. The van der Waals surface area contributed by atoms with Gasteiger partial charge in [0.05, 0.1) is 13.2 Å². The van der Waals surface area contributed by atoms with Crippen LogP contribution >= 0.6 is 0 Å². The van der Waals surface area contributed by atoms with Crippen LogP contribution in [0.4, 0.5) is 11.6 Å². The van der Waals surface area contributed by atoms with Crippen LogP contribution in [0.1, 0.15) is 18.1 Å². The third-order valence-corrected chi connectivity index (χ3v) is 4.26. The normalized spacial score (nSPS) is 15.4.